The Morgan fingerprint density at radius 1 is 1.06 bits per heavy atom. The number of hydrogen-bond donors (Lipinski definition) is 3. The Labute approximate surface area is 191 Å². The number of carbonyl (C=O) groups excluding carboxylic acids is 2. The molecule has 6 nitrogen and oxygen atoms in total. The molecule has 0 aliphatic heterocycles. The van der Waals surface area contributed by atoms with Crippen LogP contribution < -0.4 is 15.4 Å². The third kappa shape index (κ3) is 8.42. The number of aliphatic hydroxyl groups excluding tert-OH is 1. The SMILES string of the molecule is Cc1ccccc1C(=O)NC(CC(C)C)C(=O)NCC(O)COc1ccc(C(F)(F)F)cc1. The molecule has 0 heterocycles. The molecule has 0 aromatic heterocycles. The number of aryl methyl sites for hydroxylation is 1. The maximum absolute atomic E-state index is 12.7. The summed E-state index contributed by atoms with van der Waals surface area (Å²) >= 11 is 0. The zero-order chi connectivity index (χ0) is 24.6. The lowest BCUT2D eigenvalue weighted by Crippen LogP contribution is -2.49. The van der Waals surface area contributed by atoms with Gasteiger partial charge in [-0.3, -0.25) is 9.59 Å². The molecule has 180 valence electrons. The molecule has 2 aromatic rings. The molecule has 0 spiro atoms. The molecule has 0 aliphatic carbocycles. The molecule has 2 atom stereocenters. The quantitative estimate of drug-likeness (QED) is 0.498. The first-order valence-electron chi connectivity index (χ1n) is 10.6. The standard InChI is InChI=1S/C24H29F3N2O4/c1-15(2)12-21(29-22(31)20-7-5-4-6-16(20)3)23(32)28-13-18(30)14-33-19-10-8-17(9-11-19)24(25,26)27/h4-11,15,18,21,30H,12-14H2,1-3H3,(H,28,32)(H,29,31). The molecule has 2 rings (SSSR count). The Morgan fingerprint density at radius 3 is 2.27 bits per heavy atom. The lowest BCUT2D eigenvalue weighted by molar-refractivity contribution is -0.137. The summed E-state index contributed by atoms with van der Waals surface area (Å²) in [4.78, 5) is 25.3. The van der Waals surface area contributed by atoms with E-state index in [1.165, 1.54) is 0 Å². The molecule has 0 bridgehead atoms. The van der Waals surface area contributed by atoms with Crippen LogP contribution in [0.25, 0.3) is 0 Å². The predicted molar refractivity (Wildman–Crippen MR) is 118 cm³/mol. The molecule has 2 unspecified atom stereocenters. The highest BCUT2D eigenvalue weighted by Crippen LogP contribution is 2.30. The van der Waals surface area contributed by atoms with Gasteiger partial charge < -0.3 is 20.5 Å². The van der Waals surface area contributed by atoms with Gasteiger partial charge in [-0.15, -0.1) is 0 Å². The van der Waals surface area contributed by atoms with Crippen LogP contribution >= 0.6 is 0 Å². The van der Waals surface area contributed by atoms with Crippen molar-refractivity contribution >= 4 is 11.8 Å². The Bertz CT molecular complexity index is 930. The zero-order valence-corrected chi connectivity index (χ0v) is 18.8. The molecule has 2 aromatic carbocycles. The summed E-state index contributed by atoms with van der Waals surface area (Å²) in [7, 11) is 0. The number of hydrogen-bond acceptors (Lipinski definition) is 4. The molecular weight excluding hydrogens is 437 g/mol. The van der Waals surface area contributed by atoms with Gasteiger partial charge in [0.25, 0.3) is 5.91 Å². The largest absolute Gasteiger partial charge is 0.491 e. The summed E-state index contributed by atoms with van der Waals surface area (Å²) in [5, 5.41) is 15.4. The van der Waals surface area contributed by atoms with E-state index < -0.39 is 29.8 Å². The zero-order valence-electron chi connectivity index (χ0n) is 18.8. The number of rotatable bonds is 10. The minimum absolute atomic E-state index is 0.130. The van der Waals surface area contributed by atoms with Crippen LogP contribution in [-0.4, -0.2) is 42.2 Å². The van der Waals surface area contributed by atoms with E-state index in [4.69, 9.17) is 4.74 Å². The van der Waals surface area contributed by atoms with E-state index in [-0.39, 0.29) is 30.7 Å². The van der Waals surface area contributed by atoms with Crippen molar-refractivity contribution in [3.63, 3.8) is 0 Å². The van der Waals surface area contributed by atoms with Crippen molar-refractivity contribution in [2.45, 2.75) is 45.5 Å². The first kappa shape index (κ1) is 26.2. The van der Waals surface area contributed by atoms with Crippen LogP contribution in [0.1, 0.15) is 41.8 Å². The predicted octanol–water partition coefficient (Wildman–Crippen LogP) is 3.71. The van der Waals surface area contributed by atoms with Gasteiger partial charge in [-0.05, 0) is 55.2 Å². The molecule has 0 saturated carbocycles. The summed E-state index contributed by atoms with van der Waals surface area (Å²) in [6.07, 6.45) is -5.13. The summed E-state index contributed by atoms with van der Waals surface area (Å²) in [5.74, 6) is -0.512. The van der Waals surface area contributed by atoms with Gasteiger partial charge >= 0.3 is 6.18 Å². The minimum atomic E-state index is -4.44. The van der Waals surface area contributed by atoms with Crippen LogP contribution in [0.4, 0.5) is 13.2 Å². The molecule has 0 saturated heterocycles. The van der Waals surface area contributed by atoms with Crippen molar-refractivity contribution in [1.29, 1.82) is 0 Å². The van der Waals surface area contributed by atoms with Gasteiger partial charge in [-0.2, -0.15) is 13.2 Å². The number of carbonyl (C=O) groups is 2. The van der Waals surface area contributed by atoms with E-state index in [9.17, 15) is 27.9 Å². The van der Waals surface area contributed by atoms with Crippen LogP contribution in [0.2, 0.25) is 0 Å². The highest BCUT2D eigenvalue weighted by atomic mass is 19.4. The highest BCUT2D eigenvalue weighted by molar-refractivity contribution is 5.98. The van der Waals surface area contributed by atoms with Crippen molar-refractivity contribution < 1.29 is 32.6 Å². The Morgan fingerprint density at radius 2 is 1.70 bits per heavy atom. The molecule has 0 radical (unpaired) electrons. The van der Waals surface area contributed by atoms with Crippen molar-refractivity contribution in [2.75, 3.05) is 13.2 Å². The van der Waals surface area contributed by atoms with Crippen LogP contribution in [0, 0.1) is 12.8 Å². The normalized spacial score (nSPS) is 13.3. The molecule has 9 heteroatoms. The van der Waals surface area contributed by atoms with Crippen LogP contribution in [0.15, 0.2) is 48.5 Å². The molecule has 2 amide bonds. The third-order valence-corrected chi connectivity index (χ3v) is 4.85. The smallest absolute Gasteiger partial charge is 0.416 e. The van der Waals surface area contributed by atoms with Crippen LogP contribution in [0.5, 0.6) is 5.75 Å². The van der Waals surface area contributed by atoms with Gasteiger partial charge in [0, 0.05) is 12.1 Å². The maximum atomic E-state index is 12.7. The first-order chi connectivity index (χ1) is 15.5. The number of alkyl halides is 3. The first-order valence-corrected chi connectivity index (χ1v) is 10.6. The summed E-state index contributed by atoms with van der Waals surface area (Å²) in [6, 6.07) is 10.3. The van der Waals surface area contributed by atoms with E-state index in [1.807, 2.05) is 19.9 Å². The van der Waals surface area contributed by atoms with Gasteiger partial charge in [-0.1, -0.05) is 32.0 Å². The number of aliphatic hydroxyl groups is 1. The topological polar surface area (TPSA) is 87.7 Å². The summed E-state index contributed by atoms with van der Waals surface area (Å²) < 4.78 is 43.1. The van der Waals surface area contributed by atoms with Crippen molar-refractivity contribution in [2.24, 2.45) is 5.92 Å². The van der Waals surface area contributed by atoms with Crippen molar-refractivity contribution in [3.8, 4) is 5.75 Å². The number of ether oxygens (including phenoxy) is 1. The van der Waals surface area contributed by atoms with E-state index >= 15 is 0 Å². The number of nitrogens with one attached hydrogen (secondary N) is 2. The molecular formula is C24H29F3N2O4. The second-order valence-corrected chi connectivity index (χ2v) is 8.20. The second-order valence-electron chi connectivity index (χ2n) is 8.20. The molecule has 0 aliphatic rings. The fourth-order valence-corrected chi connectivity index (χ4v) is 3.10. The van der Waals surface area contributed by atoms with Crippen LogP contribution in [0.3, 0.4) is 0 Å². The highest BCUT2D eigenvalue weighted by Gasteiger charge is 2.30. The Balaban J connectivity index is 1.88. The van der Waals surface area contributed by atoms with Gasteiger partial charge in [0.1, 0.15) is 24.5 Å². The Hall–Kier alpha value is -3.07. The lowest BCUT2D eigenvalue weighted by Gasteiger charge is -2.22. The van der Waals surface area contributed by atoms with Crippen molar-refractivity contribution in [1.82, 2.24) is 10.6 Å². The van der Waals surface area contributed by atoms with Crippen molar-refractivity contribution in [3.05, 3.63) is 65.2 Å². The van der Waals surface area contributed by atoms with Gasteiger partial charge in [0.05, 0.1) is 5.56 Å². The molecule has 0 fully saturated rings. The average Bonchev–Trinajstić information content (AvgIpc) is 2.75. The van der Waals surface area contributed by atoms with E-state index in [1.54, 1.807) is 25.1 Å². The minimum Gasteiger partial charge on any atom is -0.491 e. The Kier molecular flexibility index (Phi) is 9.28. The maximum Gasteiger partial charge on any atom is 0.416 e. The fourth-order valence-electron chi connectivity index (χ4n) is 3.10. The average molecular weight is 467 g/mol. The number of halogens is 3. The number of amides is 2. The van der Waals surface area contributed by atoms with E-state index in [2.05, 4.69) is 10.6 Å². The van der Waals surface area contributed by atoms with Crippen LogP contribution in [-0.2, 0) is 11.0 Å². The summed E-state index contributed by atoms with van der Waals surface area (Å²) in [5.41, 5.74) is 0.463. The monoisotopic (exact) mass is 466 g/mol. The summed E-state index contributed by atoms with van der Waals surface area (Å²) in [6.45, 7) is 5.28. The third-order valence-electron chi connectivity index (χ3n) is 4.85. The fraction of sp³-hybridized carbons (Fsp3) is 0.417. The number of benzene rings is 2. The van der Waals surface area contributed by atoms with E-state index in [0.29, 0.717) is 12.0 Å². The second kappa shape index (κ2) is 11.7. The molecule has 3 N–H and O–H groups in total. The lowest BCUT2D eigenvalue weighted by atomic mass is 10.0. The van der Waals surface area contributed by atoms with Gasteiger partial charge in [-0.25, -0.2) is 0 Å². The molecule has 33 heavy (non-hydrogen) atoms. The van der Waals surface area contributed by atoms with Gasteiger partial charge in [0.15, 0.2) is 0 Å². The van der Waals surface area contributed by atoms with Gasteiger partial charge in [0.2, 0.25) is 5.91 Å². The van der Waals surface area contributed by atoms with E-state index in [0.717, 1.165) is 29.8 Å².